The van der Waals surface area contributed by atoms with Crippen molar-refractivity contribution in [1.29, 1.82) is 0 Å². The molecule has 0 saturated carbocycles. The first-order chi connectivity index (χ1) is 28.6. The summed E-state index contributed by atoms with van der Waals surface area (Å²) in [5, 5.41) is 15.7. The summed E-state index contributed by atoms with van der Waals surface area (Å²) in [7, 11) is 3.33. The van der Waals surface area contributed by atoms with E-state index >= 15 is 0 Å². The van der Waals surface area contributed by atoms with Crippen LogP contribution in [0.1, 0.15) is 55.3 Å². The average molecular weight is 873 g/mol. The van der Waals surface area contributed by atoms with Gasteiger partial charge in [0, 0.05) is 41.8 Å². The molecule has 0 spiro atoms. The minimum atomic E-state index is -4.90. The monoisotopic (exact) mass is 872 g/mol. The topological polar surface area (TPSA) is 166 Å². The molecule has 12 nitrogen and oxygen atoms in total. The first-order valence-corrected chi connectivity index (χ1v) is 20.1. The van der Waals surface area contributed by atoms with E-state index in [2.05, 4.69) is 41.9 Å². The first kappa shape index (κ1) is 45.4. The van der Waals surface area contributed by atoms with Crippen LogP contribution in [0, 0.1) is 0 Å². The zero-order chi connectivity index (χ0) is 43.5. The van der Waals surface area contributed by atoms with Crippen LogP contribution in [-0.2, 0) is 17.1 Å². The lowest BCUT2D eigenvalue weighted by Gasteiger charge is -2.20. The standard InChI is InChI=1S/C40H38F6N8O4S2/c1-47-13-15-59-33-27(51-35(55)23-9-5-3-6-10-23)17-25(39(41,42)43)19-29(33)53-37(57)31-21-32(50-22-49-31)38(58)54-30-20-26(40(44,45)46)18-28(34(30)60-16-14-48-2)52-36(56)24-11-7-4-8-12-24/h3,5-7,9-12,17-22,47-48H,4,8,13-16H2,1-2H3,(H,51,55)(H,52,56)(H,53,57)(H,54,58). The summed E-state index contributed by atoms with van der Waals surface area (Å²) < 4.78 is 85.3. The summed E-state index contributed by atoms with van der Waals surface area (Å²) in [5.74, 6) is -2.87. The maximum Gasteiger partial charge on any atom is 0.416 e. The highest BCUT2D eigenvalue weighted by atomic mass is 32.2. The van der Waals surface area contributed by atoms with E-state index in [9.17, 15) is 45.5 Å². The molecule has 3 aromatic carbocycles. The molecule has 60 heavy (non-hydrogen) atoms. The third-order valence-corrected chi connectivity index (χ3v) is 10.7. The van der Waals surface area contributed by atoms with Crippen molar-refractivity contribution >= 4 is 69.9 Å². The number of rotatable bonds is 16. The van der Waals surface area contributed by atoms with Gasteiger partial charge in [-0.15, -0.1) is 23.5 Å². The number of allylic oxidation sites excluding steroid dienone is 2. The maximum atomic E-state index is 14.2. The second kappa shape index (κ2) is 20.5. The van der Waals surface area contributed by atoms with E-state index in [4.69, 9.17) is 0 Å². The number of halogens is 6. The fraction of sp³-hybridized carbons (Fsp3) is 0.250. The molecular formula is C40H38F6N8O4S2. The number of thioether (sulfide) groups is 2. The van der Waals surface area contributed by atoms with E-state index < -0.39 is 58.5 Å². The molecule has 1 heterocycles. The second-order valence-electron chi connectivity index (χ2n) is 12.8. The van der Waals surface area contributed by atoms with Crippen molar-refractivity contribution in [3.63, 3.8) is 0 Å². The minimum absolute atomic E-state index is 0.0921. The van der Waals surface area contributed by atoms with Gasteiger partial charge in [-0.25, -0.2) is 9.97 Å². The Morgan fingerprint density at radius 3 is 1.48 bits per heavy atom. The van der Waals surface area contributed by atoms with Crippen LogP contribution < -0.4 is 31.9 Å². The highest BCUT2D eigenvalue weighted by Crippen LogP contribution is 2.43. The van der Waals surface area contributed by atoms with Crippen LogP contribution >= 0.6 is 23.5 Å². The van der Waals surface area contributed by atoms with Crippen LogP contribution in [0.4, 0.5) is 49.1 Å². The predicted octanol–water partition coefficient (Wildman–Crippen LogP) is 8.11. The lowest BCUT2D eigenvalue weighted by molar-refractivity contribution is -0.138. The van der Waals surface area contributed by atoms with Gasteiger partial charge in [0.15, 0.2) is 0 Å². The largest absolute Gasteiger partial charge is 0.416 e. The summed E-state index contributed by atoms with van der Waals surface area (Å²) in [6, 6.07) is 11.6. The highest BCUT2D eigenvalue weighted by molar-refractivity contribution is 7.99. The van der Waals surface area contributed by atoms with Crippen molar-refractivity contribution in [3.05, 3.63) is 119 Å². The number of nitrogens with one attached hydrogen (secondary N) is 6. The molecule has 5 rings (SSSR count). The molecule has 0 saturated heterocycles. The van der Waals surface area contributed by atoms with Gasteiger partial charge in [-0.2, -0.15) is 26.3 Å². The predicted molar refractivity (Wildman–Crippen MR) is 220 cm³/mol. The molecule has 0 unspecified atom stereocenters. The average Bonchev–Trinajstić information content (AvgIpc) is 3.22. The highest BCUT2D eigenvalue weighted by Gasteiger charge is 2.35. The van der Waals surface area contributed by atoms with Crippen molar-refractivity contribution in [2.75, 3.05) is 60.0 Å². The third kappa shape index (κ3) is 12.2. The number of anilines is 4. The summed E-state index contributed by atoms with van der Waals surface area (Å²) in [4.78, 5) is 61.5. The molecule has 1 aliphatic carbocycles. The maximum absolute atomic E-state index is 14.2. The van der Waals surface area contributed by atoms with Gasteiger partial charge in [0.1, 0.15) is 17.7 Å². The number of amides is 4. The molecule has 4 aromatic rings. The molecule has 0 radical (unpaired) electrons. The van der Waals surface area contributed by atoms with Crippen LogP contribution in [0.2, 0.25) is 0 Å². The number of benzene rings is 3. The fourth-order valence-corrected chi connectivity index (χ4v) is 7.60. The molecule has 20 heteroatoms. The van der Waals surface area contributed by atoms with Gasteiger partial charge in [-0.3, -0.25) is 19.2 Å². The molecular weight excluding hydrogens is 835 g/mol. The van der Waals surface area contributed by atoms with Gasteiger partial charge in [0.2, 0.25) is 0 Å². The normalized spacial score (nSPS) is 12.7. The van der Waals surface area contributed by atoms with E-state index in [1.807, 2.05) is 0 Å². The van der Waals surface area contributed by atoms with Gasteiger partial charge in [-0.05, 0) is 63.3 Å². The van der Waals surface area contributed by atoms with Crippen molar-refractivity contribution in [2.45, 2.75) is 35.0 Å². The number of aromatic nitrogens is 2. The second-order valence-corrected chi connectivity index (χ2v) is 15.0. The van der Waals surface area contributed by atoms with Crippen molar-refractivity contribution in [2.24, 2.45) is 0 Å². The minimum Gasteiger partial charge on any atom is -0.321 e. The molecule has 1 aliphatic rings. The van der Waals surface area contributed by atoms with Gasteiger partial charge >= 0.3 is 12.4 Å². The Hall–Kier alpha value is -5.70. The number of hydrogen-bond donors (Lipinski definition) is 6. The first-order valence-electron chi connectivity index (χ1n) is 18.1. The smallest absolute Gasteiger partial charge is 0.321 e. The van der Waals surface area contributed by atoms with Crippen LogP contribution in [0.25, 0.3) is 0 Å². The third-order valence-electron chi connectivity index (χ3n) is 8.45. The lowest BCUT2D eigenvalue weighted by atomic mass is 10.1. The molecule has 0 bridgehead atoms. The van der Waals surface area contributed by atoms with Crippen LogP contribution in [-0.4, -0.2) is 72.3 Å². The summed E-state index contributed by atoms with van der Waals surface area (Å²) in [5.41, 5.74) is -3.99. The summed E-state index contributed by atoms with van der Waals surface area (Å²) >= 11 is 2.11. The van der Waals surface area contributed by atoms with Crippen molar-refractivity contribution in [3.8, 4) is 0 Å². The SMILES string of the molecule is CNCCSc1c(NC(=O)C2=CCCC=C2)cc(C(F)(F)F)cc1NC(=O)c1cc(C(=O)Nc2cc(C(F)(F)F)cc(NC(=O)c3ccccc3)c2SCCNC)ncn1. The molecule has 0 fully saturated rings. The molecule has 1 aromatic heterocycles. The Morgan fingerprint density at radius 1 is 0.617 bits per heavy atom. The molecule has 6 N–H and O–H groups in total. The van der Waals surface area contributed by atoms with Crippen LogP contribution in [0.5, 0.6) is 0 Å². The quantitative estimate of drug-likeness (QED) is 0.0368. The lowest BCUT2D eigenvalue weighted by Crippen LogP contribution is -2.21. The van der Waals surface area contributed by atoms with Gasteiger partial charge in [0.25, 0.3) is 23.6 Å². The van der Waals surface area contributed by atoms with Crippen molar-refractivity contribution < 1.29 is 45.5 Å². The van der Waals surface area contributed by atoms with E-state index in [-0.39, 0.29) is 43.7 Å². The molecule has 0 aliphatic heterocycles. The zero-order valence-electron chi connectivity index (χ0n) is 31.9. The Balaban J connectivity index is 1.48. The van der Waals surface area contributed by atoms with E-state index in [0.29, 0.717) is 49.6 Å². The Morgan fingerprint density at radius 2 is 1.07 bits per heavy atom. The molecule has 0 atom stereocenters. The van der Waals surface area contributed by atoms with Crippen molar-refractivity contribution in [1.82, 2.24) is 20.6 Å². The van der Waals surface area contributed by atoms with Crippen LogP contribution in [0.15, 0.2) is 101 Å². The van der Waals surface area contributed by atoms with Gasteiger partial charge in [0.05, 0.1) is 43.7 Å². The van der Waals surface area contributed by atoms with Gasteiger partial charge < -0.3 is 31.9 Å². The summed E-state index contributed by atoms with van der Waals surface area (Å²) in [6.45, 7) is 0.813. The Kier molecular flexibility index (Phi) is 15.5. The van der Waals surface area contributed by atoms with Crippen LogP contribution in [0.3, 0.4) is 0 Å². The number of hydrogen-bond acceptors (Lipinski definition) is 10. The Bertz CT molecular complexity index is 2290. The molecule has 316 valence electrons. The summed E-state index contributed by atoms with van der Waals surface area (Å²) in [6.07, 6.45) is -2.72. The number of carbonyl (C=O) groups is 4. The zero-order valence-corrected chi connectivity index (χ0v) is 33.6. The van der Waals surface area contributed by atoms with Gasteiger partial charge in [-0.1, -0.05) is 36.4 Å². The Labute approximate surface area is 348 Å². The number of alkyl halides is 6. The molecule has 4 amide bonds. The number of carbonyl (C=O) groups excluding carboxylic acids is 4. The number of nitrogens with zero attached hydrogens (tertiary/aromatic N) is 2. The van der Waals surface area contributed by atoms with E-state index in [1.54, 1.807) is 50.5 Å². The fourth-order valence-electron chi connectivity index (χ4n) is 5.52. The van der Waals surface area contributed by atoms with E-state index in [1.165, 1.54) is 12.1 Å². The van der Waals surface area contributed by atoms with E-state index in [0.717, 1.165) is 48.1 Å².